The van der Waals surface area contributed by atoms with Crippen LogP contribution < -0.4 is 10.6 Å². The van der Waals surface area contributed by atoms with E-state index in [-0.39, 0.29) is 0 Å². The van der Waals surface area contributed by atoms with Crippen LogP contribution in [0.2, 0.25) is 0 Å². The van der Waals surface area contributed by atoms with Crippen LogP contribution in [0, 0.1) is 6.92 Å². The molecular formula is C16H22N2O. The highest BCUT2D eigenvalue weighted by Gasteiger charge is 2.08. The van der Waals surface area contributed by atoms with Gasteiger partial charge in [0.25, 0.3) is 0 Å². The molecule has 2 rings (SSSR count). The van der Waals surface area contributed by atoms with Gasteiger partial charge in [-0.1, -0.05) is 6.07 Å². The SMILES string of the molecule is CCN(Cc1ccco1)c1ccc(CCN)c(C)c1. The summed E-state index contributed by atoms with van der Waals surface area (Å²) in [5, 5.41) is 0. The molecule has 0 aliphatic heterocycles. The van der Waals surface area contributed by atoms with E-state index < -0.39 is 0 Å². The molecule has 1 aromatic heterocycles. The van der Waals surface area contributed by atoms with Gasteiger partial charge in [0.05, 0.1) is 12.8 Å². The van der Waals surface area contributed by atoms with Crippen molar-refractivity contribution in [3.8, 4) is 0 Å². The van der Waals surface area contributed by atoms with Crippen LogP contribution in [0.4, 0.5) is 5.69 Å². The van der Waals surface area contributed by atoms with Gasteiger partial charge in [-0.2, -0.15) is 0 Å². The second kappa shape index (κ2) is 6.43. The van der Waals surface area contributed by atoms with Gasteiger partial charge in [0.2, 0.25) is 0 Å². The Kier molecular flexibility index (Phi) is 4.63. The lowest BCUT2D eigenvalue weighted by Crippen LogP contribution is -2.21. The molecule has 3 heteroatoms. The van der Waals surface area contributed by atoms with E-state index in [0.717, 1.165) is 25.3 Å². The molecule has 1 heterocycles. The average molecular weight is 258 g/mol. The Hall–Kier alpha value is -1.74. The standard InChI is InChI=1S/C16H22N2O/c1-3-18(12-16-5-4-10-19-16)15-7-6-14(8-9-17)13(2)11-15/h4-7,10-11H,3,8-9,12,17H2,1-2H3. The second-order valence-electron chi connectivity index (χ2n) is 4.74. The minimum Gasteiger partial charge on any atom is -0.467 e. The zero-order valence-electron chi connectivity index (χ0n) is 11.7. The molecule has 0 spiro atoms. The summed E-state index contributed by atoms with van der Waals surface area (Å²) in [4.78, 5) is 2.30. The Morgan fingerprint density at radius 1 is 1.26 bits per heavy atom. The van der Waals surface area contributed by atoms with Gasteiger partial charge in [-0.05, 0) is 62.2 Å². The third-order valence-corrected chi connectivity index (χ3v) is 3.41. The molecule has 3 nitrogen and oxygen atoms in total. The minimum atomic E-state index is 0.698. The van der Waals surface area contributed by atoms with Crippen LogP contribution in [-0.4, -0.2) is 13.1 Å². The molecule has 0 bridgehead atoms. The van der Waals surface area contributed by atoms with Gasteiger partial charge in [0, 0.05) is 12.2 Å². The largest absolute Gasteiger partial charge is 0.467 e. The van der Waals surface area contributed by atoms with Gasteiger partial charge < -0.3 is 15.1 Å². The Labute approximate surface area is 115 Å². The molecule has 0 aliphatic rings. The van der Waals surface area contributed by atoms with Crippen molar-refractivity contribution in [3.63, 3.8) is 0 Å². The van der Waals surface area contributed by atoms with Crippen LogP contribution in [0.3, 0.4) is 0 Å². The molecule has 2 aromatic rings. The monoisotopic (exact) mass is 258 g/mol. The van der Waals surface area contributed by atoms with E-state index in [4.69, 9.17) is 10.2 Å². The normalized spacial score (nSPS) is 10.7. The maximum Gasteiger partial charge on any atom is 0.123 e. The molecule has 1 aromatic carbocycles. The predicted molar refractivity (Wildman–Crippen MR) is 79.4 cm³/mol. The highest BCUT2D eigenvalue weighted by atomic mass is 16.3. The van der Waals surface area contributed by atoms with Crippen LogP contribution in [0.5, 0.6) is 0 Å². The molecule has 0 atom stereocenters. The quantitative estimate of drug-likeness (QED) is 0.865. The van der Waals surface area contributed by atoms with Gasteiger partial charge >= 0.3 is 0 Å². The highest BCUT2D eigenvalue weighted by molar-refractivity contribution is 5.51. The van der Waals surface area contributed by atoms with E-state index >= 15 is 0 Å². The first-order valence-electron chi connectivity index (χ1n) is 6.81. The van der Waals surface area contributed by atoms with Crippen LogP contribution in [0.15, 0.2) is 41.0 Å². The molecule has 0 unspecified atom stereocenters. The number of furan rings is 1. The topological polar surface area (TPSA) is 42.4 Å². The molecule has 0 aliphatic carbocycles. The third-order valence-electron chi connectivity index (χ3n) is 3.41. The summed E-state index contributed by atoms with van der Waals surface area (Å²) in [6.45, 7) is 6.76. The van der Waals surface area contributed by atoms with Crippen molar-refractivity contribution >= 4 is 5.69 Å². The molecule has 2 N–H and O–H groups in total. The van der Waals surface area contributed by atoms with Gasteiger partial charge in [-0.15, -0.1) is 0 Å². The molecule has 0 saturated heterocycles. The van der Waals surface area contributed by atoms with Crippen LogP contribution in [0.1, 0.15) is 23.8 Å². The van der Waals surface area contributed by atoms with E-state index in [0.29, 0.717) is 6.54 Å². The lowest BCUT2D eigenvalue weighted by Gasteiger charge is -2.23. The zero-order valence-corrected chi connectivity index (χ0v) is 11.7. The summed E-state index contributed by atoms with van der Waals surface area (Å²) in [6, 6.07) is 10.5. The number of anilines is 1. The van der Waals surface area contributed by atoms with Crippen LogP contribution in [0.25, 0.3) is 0 Å². The zero-order chi connectivity index (χ0) is 13.7. The fraction of sp³-hybridized carbons (Fsp3) is 0.375. The lowest BCUT2D eigenvalue weighted by atomic mass is 10.0. The lowest BCUT2D eigenvalue weighted by molar-refractivity contribution is 0.503. The molecule has 19 heavy (non-hydrogen) atoms. The summed E-state index contributed by atoms with van der Waals surface area (Å²) >= 11 is 0. The first-order valence-corrected chi connectivity index (χ1v) is 6.81. The van der Waals surface area contributed by atoms with E-state index in [1.54, 1.807) is 6.26 Å². The average Bonchev–Trinajstić information content (AvgIpc) is 2.91. The van der Waals surface area contributed by atoms with Crippen LogP contribution >= 0.6 is 0 Å². The Balaban J connectivity index is 2.16. The number of benzene rings is 1. The first kappa shape index (κ1) is 13.7. The molecule has 102 valence electrons. The molecule has 0 radical (unpaired) electrons. The molecule has 0 amide bonds. The smallest absolute Gasteiger partial charge is 0.123 e. The van der Waals surface area contributed by atoms with Crippen LogP contribution in [-0.2, 0) is 13.0 Å². The molecule has 0 fully saturated rings. The Morgan fingerprint density at radius 3 is 2.68 bits per heavy atom. The first-order chi connectivity index (χ1) is 9.24. The maximum atomic E-state index is 5.62. The van der Waals surface area contributed by atoms with Crippen molar-refractivity contribution in [1.29, 1.82) is 0 Å². The Morgan fingerprint density at radius 2 is 2.11 bits per heavy atom. The summed E-state index contributed by atoms with van der Waals surface area (Å²) in [5.74, 6) is 0.991. The molecular weight excluding hydrogens is 236 g/mol. The van der Waals surface area contributed by atoms with Crippen molar-refractivity contribution in [1.82, 2.24) is 0 Å². The fourth-order valence-electron chi connectivity index (χ4n) is 2.29. The van der Waals surface area contributed by atoms with Crippen molar-refractivity contribution in [2.75, 3.05) is 18.0 Å². The van der Waals surface area contributed by atoms with E-state index in [2.05, 4.69) is 36.9 Å². The highest BCUT2D eigenvalue weighted by Crippen LogP contribution is 2.21. The Bertz CT molecular complexity index is 505. The second-order valence-corrected chi connectivity index (χ2v) is 4.74. The van der Waals surface area contributed by atoms with E-state index in [1.807, 2.05) is 12.1 Å². The van der Waals surface area contributed by atoms with Gasteiger partial charge in [0.1, 0.15) is 5.76 Å². The van der Waals surface area contributed by atoms with Crippen molar-refractivity contribution in [3.05, 3.63) is 53.5 Å². The van der Waals surface area contributed by atoms with Crippen molar-refractivity contribution in [2.45, 2.75) is 26.8 Å². The minimum absolute atomic E-state index is 0.698. The van der Waals surface area contributed by atoms with Crippen molar-refractivity contribution < 1.29 is 4.42 Å². The number of hydrogen-bond acceptors (Lipinski definition) is 3. The number of nitrogens with two attached hydrogens (primary N) is 1. The van der Waals surface area contributed by atoms with Gasteiger partial charge in [-0.3, -0.25) is 0 Å². The summed E-state index contributed by atoms with van der Waals surface area (Å²) in [5.41, 5.74) is 9.49. The number of hydrogen-bond donors (Lipinski definition) is 1. The number of aryl methyl sites for hydroxylation is 1. The summed E-state index contributed by atoms with van der Waals surface area (Å²) < 4.78 is 5.42. The van der Waals surface area contributed by atoms with E-state index in [1.165, 1.54) is 16.8 Å². The van der Waals surface area contributed by atoms with E-state index in [9.17, 15) is 0 Å². The summed E-state index contributed by atoms with van der Waals surface area (Å²) in [7, 11) is 0. The van der Waals surface area contributed by atoms with Gasteiger partial charge in [-0.25, -0.2) is 0 Å². The van der Waals surface area contributed by atoms with Gasteiger partial charge in [0.15, 0.2) is 0 Å². The summed E-state index contributed by atoms with van der Waals surface area (Å²) in [6.07, 6.45) is 2.66. The molecule has 0 saturated carbocycles. The number of rotatable bonds is 6. The third kappa shape index (κ3) is 3.38. The van der Waals surface area contributed by atoms with Crippen molar-refractivity contribution in [2.24, 2.45) is 5.73 Å². The predicted octanol–water partition coefficient (Wildman–Crippen LogP) is 3.12. The number of nitrogens with zero attached hydrogens (tertiary/aromatic N) is 1. The maximum absolute atomic E-state index is 5.62. The fourth-order valence-corrected chi connectivity index (χ4v) is 2.29.